The van der Waals surface area contributed by atoms with E-state index in [0.717, 1.165) is 32.1 Å². The molecule has 0 fully saturated rings. The fourth-order valence-corrected chi connectivity index (χ4v) is 8.27. The van der Waals surface area contributed by atoms with E-state index in [1.54, 1.807) is 6.08 Å². The summed E-state index contributed by atoms with van der Waals surface area (Å²) in [5.74, 6) is -0.0630. The van der Waals surface area contributed by atoms with Gasteiger partial charge in [-0.3, -0.25) is 4.79 Å². The third-order valence-electron chi connectivity index (χ3n) is 12.4. The van der Waals surface area contributed by atoms with Gasteiger partial charge in [0.1, 0.15) is 0 Å². The Hall–Kier alpha value is -1.39. The van der Waals surface area contributed by atoms with Gasteiger partial charge in [0.15, 0.2) is 0 Å². The van der Waals surface area contributed by atoms with Crippen LogP contribution in [0.2, 0.25) is 0 Å². The maximum atomic E-state index is 12.5. The Kier molecular flexibility index (Phi) is 49.8. The molecule has 1 amide bonds. The molecule has 0 rings (SSSR count). The molecule has 4 nitrogen and oxygen atoms in total. The van der Waals surface area contributed by atoms with Crippen molar-refractivity contribution in [1.82, 2.24) is 5.32 Å². The number of hydrogen-bond acceptors (Lipinski definition) is 3. The molecular weight excluding hydrogens is 723 g/mol. The Balaban J connectivity index is 3.51. The van der Waals surface area contributed by atoms with Crippen molar-refractivity contribution in [3.63, 3.8) is 0 Å². The lowest BCUT2D eigenvalue weighted by Crippen LogP contribution is -2.45. The number of carbonyl (C=O) groups excluding carboxylic acids is 1. The van der Waals surface area contributed by atoms with Gasteiger partial charge in [-0.05, 0) is 51.4 Å². The van der Waals surface area contributed by atoms with Crippen LogP contribution in [0.25, 0.3) is 0 Å². The van der Waals surface area contributed by atoms with Gasteiger partial charge in [0.2, 0.25) is 5.91 Å². The number of amides is 1. The molecule has 0 aliphatic heterocycles. The van der Waals surface area contributed by atoms with Crippen LogP contribution < -0.4 is 5.32 Å². The highest BCUT2D eigenvalue weighted by Crippen LogP contribution is 2.17. The molecule has 0 saturated carbocycles. The minimum absolute atomic E-state index is 0.0630. The quantitative estimate of drug-likeness (QED) is 0.0423. The molecule has 0 aromatic rings. The Morgan fingerprint density at radius 1 is 0.407 bits per heavy atom. The molecule has 2 unspecified atom stereocenters. The third kappa shape index (κ3) is 47.5. The van der Waals surface area contributed by atoms with Crippen LogP contribution in [-0.2, 0) is 4.79 Å². The van der Waals surface area contributed by atoms with Crippen molar-refractivity contribution in [2.45, 2.75) is 302 Å². The van der Waals surface area contributed by atoms with E-state index in [4.69, 9.17) is 0 Å². The van der Waals surface area contributed by atoms with Crippen LogP contribution >= 0.6 is 0 Å². The summed E-state index contributed by atoms with van der Waals surface area (Å²) in [5.41, 5.74) is 0. The number of allylic oxidation sites excluding steroid dienone is 5. The second kappa shape index (κ2) is 51.0. The molecule has 0 aromatic heterocycles. The number of nitrogens with one attached hydrogen (secondary N) is 1. The largest absolute Gasteiger partial charge is 0.394 e. The van der Waals surface area contributed by atoms with Gasteiger partial charge in [-0.1, -0.05) is 269 Å². The fourth-order valence-electron chi connectivity index (χ4n) is 8.27. The summed E-state index contributed by atoms with van der Waals surface area (Å²) < 4.78 is 0. The highest BCUT2D eigenvalue weighted by Gasteiger charge is 2.18. The maximum absolute atomic E-state index is 12.5. The highest BCUT2D eigenvalue weighted by atomic mass is 16.3. The van der Waals surface area contributed by atoms with E-state index in [0.29, 0.717) is 6.42 Å². The van der Waals surface area contributed by atoms with E-state index in [1.165, 1.54) is 238 Å². The van der Waals surface area contributed by atoms with Crippen molar-refractivity contribution in [1.29, 1.82) is 0 Å². The smallest absolute Gasteiger partial charge is 0.220 e. The standard InChI is InChI=1S/C55H105NO3/c1-3-5-7-9-11-13-15-17-19-21-23-25-27-29-30-32-34-36-38-40-42-44-46-48-50-54(58)53(52-57)56-55(59)51-49-47-45-43-41-39-37-35-33-31-28-26-24-22-20-18-16-14-12-10-8-6-4-2/h16,18,22,24,48,50,53-54,57-58H,3-15,17,19-21,23,25-47,49,51-52H2,1-2H3,(H,56,59)/b18-16-,24-22-,50-48+. The lowest BCUT2D eigenvalue weighted by Gasteiger charge is -2.20. The molecular formula is C55H105NO3. The van der Waals surface area contributed by atoms with Crippen molar-refractivity contribution < 1.29 is 15.0 Å². The van der Waals surface area contributed by atoms with Crippen LogP contribution in [0.4, 0.5) is 0 Å². The van der Waals surface area contributed by atoms with E-state index in [1.807, 2.05) is 6.08 Å². The van der Waals surface area contributed by atoms with E-state index >= 15 is 0 Å². The Labute approximate surface area is 370 Å². The van der Waals surface area contributed by atoms with Gasteiger partial charge in [0, 0.05) is 6.42 Å². The summed E-state index contributed by atoms with van der Waals surface area (Å²) in [4.78, 5) is 12.5. The maximum Gasteiger partial charge on any atom is 0.220 e. The Morgan fingerprint density at radius 3 is 1.02 bits per heavy atom. The summed E-state index contributed by atoms with van der Waals surface area (Å²) in [5, 5.41) is 23.2. The Bertz CT molecular complexity index is 897. The molecule has 0 heterocycles. The predicted octanol–water partition coefficient (Wildman–Crippen LogP) is 17.3. The van der Waals surface area contributed by atoms with Crippen molar-refractivity contribution in [2.24, 2.45) is 0 Å². The topological polar surface area (TPSA) is 69.6 Å². The molecule has 3 N–H and O–H groups in total. The van der Waals surface area contributed by atoms with Gasteiger partial charge in [0.05, 0.1) is 18.8 Å². The van der Waals surface area contributed by atoms with Crippen LogP contribution in [0.5, 0.6) is 0 Å². The van der Waals surface area contributed by atoms with Gasteiger partial charge >= 0.3 is 0 Å². The first-order valence-electron chi connectivity index (χ1n) is 26.7. The molecule has 2 atom stereocenters. The van der Waals surface area contributed by atoms with Crippen LogP contribution in [0.1, 0.15) is 290 Å². The zero-order valence-corrected chi connectivity index (χ0v) is 40.0. The molecule has 59 heavy (non-hydrogen) atoms. The molecule has 0 radical (unpaired) electrons. The third-order valence-corrected chi connectivity index (χ3v) is 12.4. The first kappa shape index (κ1) is 57.6. The minimum atomic E-state index is -0.840. The molecule has 0 saturated heterocycles. The lowest BCUT2D eigenvalue weighted by atomic mass is 10.0. The van der Waals surface area contributed by atoms with Crippen LogP contribution in [0.3, 0.4) is 0 Å². The molecule has 348 valence electrons. The second-order valence-electron chi connectivity index (χ2n) is 18.3. The number of aliphatic hydroxyl groups is 2. The fraction of sp³-hybridized carbons (Fsp3) is 0.873. The zero-order valence-electron chi connectivity index (χ0n) is 40.0. The summed E-state index contributed by atoms with van der Waals surface area (Å²) >= 11 is 0. The average molecular weight is 828 g/mol. The number of unbranched alkanes of at least 4 members (excludes halogenated alkanes) is 38. The SMILES string of the molecule is CCCCCCC/C=C\C/C=C\CCCCCCCCCCCCCC(=O)NC(CO)C(O)/C=C/CCCCCCCCCCCCCCCCCCCCCCCC. The molecule has 4 heteroatoms. The van der Waals surface area contributed by atoms with Crippen molar-refractivity contribution in [3.05, 3.63) is 36.5 Å². The van der Waals surface area contributed by atoms with Crippen LogP contribution in [0.15, 0.2) is 36.5 Å². The number of rotatable bonds is 49. The minimum Gasteiger partial charge on any atom is -0.394 e. The van der Waals surface area contributed by atoms with E-state index in [2.05, 4.69) is 43.5 Å². The van der Waals surface area contributed by atoms with Gasteiger partial charge < -0.3 is 15.5 Å². The van der Waals surface area contributed by atoms with E-state index in [-0.39, 0.29) is 12.5 Å². The summed E-state index contributed by atoms with van der Waals surface area (Å²) in [6.07, 6.45) is 68.6. The predicted molar refractivity (Wildman–Crippen MR) is 262 cm³/mol. The normalized spacial score (nSPS) is 13.1. The van der Waals surface area contributed by atoms with Gasteiger partial charge in [-0.15, -0.1) is 0 Å². The summed E-state index contributed by atoms with van der Waals surface area (Å²) in [6, 6.07) is -0.623. The first-order chi connectivity index (χ1) is 29.2. The molecule has 0 spiro atoms. The second-order valence-corrected chi connectivity index (χ2v) is 18.3. The van der Waals surface area contributed by atoms with Crippen molar-refractivity contribution in [2.75, 3.05) is 6.61 Å². The molecule has 0 bridgehead atoms. The molecule has 0 aliphatic carbocycles. The number of hydrogen-bond donors (Lipinski definition) is 3. The van der Waals surface area contributed by atoms with Gasteiger partial charge in [-0.2, -0.15) is 0 Å². The van der Waals surface area contributed by atoms with Gasteiger partial charge in [0.25, 0.3) is 0 Å². The van der Waals surface area contributed by atoms with Crippen molar-refractivity contribution >= 4 is 5.91 Å². The van der Waals surface area contributed by atoms with Crippen molar-refractivity contribution in [3.8, 4) is 0 Å². The van der Waals surface area contributed by atoms with Gasteiger partial charge in [-0.25, -0.2) is 0 Å². The number of carbonyl (C=O) groups is 1. The zero-order chi connectivity index (χ0) is 42.8. The average Bonchev–Trinajstić information content (AvgIpc) is 3.24. The monoisotopic (exact) mass is 828 g/mol. The Morgan fingerprint density at radius 2 is 0.695 bits per heavy atom. The lowest BCUT2D eigenvalue weighted by molar-refractivity contribution is -0.123. The van der Waals surface area contributed by atoms with Crippen LogP contribution in [-0.4, -0.2) is 34.9 Å². The summed E-state index contributed by atoms with van der Waals surface area (Å²) in [6.45, 7) is 4.32. The highest BCUT2D eigenvalue weighted by molar-refractivity contribution is 5.76. The summed E-state index contributed by atoms with van der Waals surface area (Å²) in [7, 11) is 0. The molecule has 0 aromatic carbocycles. The van der Waals surface area contributed by atoms with Crippen LogP contribution in [0, 0.1) is 0 Å². The van der Waals surface area contributed by atoms with E-state index < -0.39 is 12.1 Å². The number of aliphatic hydroxyl groups excluding tert-OH is 2. The molecule has 0 aliphatic rings. The van der Waals surface area contributed by atoms with E-state index in [9.17, 15) is 15.0 Å². The first-order valence-corrected chi connectivity index (χ1v) is 26.7.